The van der Waals surface area contributed by atoms with Gasteiger partial charge in [-0.25, -0.2) is 0 Å². The maximum absolute atomic E-state index is 11.1. The van der Waals surface area contributed by atoms with Gasteiger partial charge in [-0.2, -0.15) is 0 Å². The fourth-order valence-corrected chi connectivity index (χ4v) is 1.05. The third-order valence-corrected chi connectivity index (χ3v) is 1.99. The van der Waals surface area contributed by atoms with E-state index in [1.54, 1.807) is 0 Å². The van der Waals surface area contributed by atoms with E-state index in [9.17, 15) is 9.59 Å². The number of unbranched alkanes of at least 4 members (excludes halogenated alkanes) is 1. The minimum Gasteiger partial charge on any atom is -0.456 e. The fraction of sp³-hybridized carbons (Fsp3) is 0.833. The molecule has 0 unspecified atom stereocenters. The molecule has 0 rings (SSSR count). The van der Waals surface area contributed by atoms with Crippen LogP contribution in [0.25, 0.3) is 0 Å². The van der Waals surface area contributed by atoms with E-state index in [1.807, 2.05) is 0 Å². The Bertz CT molecular complexity index is 233. The quantitative estimate of drug-likeness (QED) is 0.433. The van der Waals surface area contributed by atoms with E-state index < -0.39 is 5.97 Å². The first-order valence-electron chi connectivity index (χ1n) is 6.22. The van der Waals surface area contributed by atoms with Crippen LogP contribution in [0.2, 0.25) is 0 Å². The lowest BCUT2D eigenvalue weighted by atomic mass is 10.4. The molecule has 0 atom stereocenters. The Balaban J connectivity index is 3.15. The van der Waals surface area contributed by atoms with E-state index in [2.05, 4.69) is 17.0 Å². The first kappa shape index (κ1) is 16.9. The summed E-state index contributed by atoms with van der Waals surface area (Å²) in [5, 5.41) is 2.57. The smallest absolute Gasteiger partial charge is 0.303 e. The van der Waals surface area contributed by atoms with E-state index in [1.165, 1.54) is 6.92 Å². The average molecular weight is 261 g/mol. The molecule has 0 aromatic rings. The molecule has 6 heteroatoms. The Morgan fingerprint density at radius 3 is 2.33 bits per heavy atom. The highest BCUT2D eigenvalue weighted by Crippen LogP contribution is 1.87. The molecule has 0 saturated heterocycles. The highest BCUT2D eigenvalue weighted by atomic mass is 16.5. The Morgan fingerprint density at radius 1 is 1.06 bits per heavy atom. The molecule has 0 aliphatic heterocycles. The average Bonchev–Trinajstić information content (AvgIpc) is 2.34. The van der Waals surface area contributed by atoms with Gasteiger partial charge in [0.05, 0.1) is 19.8 Å². The van der Waals surface area contributed by atoms with Gasteiger partial charge in [0.1, 0.15) is 0 Å². The lowest BCUT2D eigenvalue weighted by Gasteiger charge is -2.07. The first-order valence-corrected chi connectivity index (χ1v) is 6.22. The minimum absolute atomic E-state index is 0.241. The number of ether oxygens (including phenoxy) is 3. The van der Waals surface area contributed by atoms with Crippen molar-refractivity contribution in [3.63, 3.8) is 0 Å². The maximum Gasteiger partial charge on any atom is 0.303 e. The minimum atomic E-state index is -0.467. The zero-order valence-electron chi connectivity index (χ0n) is 11.2. The third-order valence-electron chi connectivity index (χ3n) is 1.99. The van der Waals surface area contributed by atoms with Crippen molar-refractivity contribution >= 4 is 11.9 Å². The molecular weight excluding hydrogens is 238 g/mol. The van der Waals surface area contributed by atoms with Gasteiger partial charge in [-0.15, -0.1) is 0 Å². The van der Waals surface area contributed by atoms with Crippen LogP contribution in [-0.4, -0.2) is 51.5 Å². The summed E-state index contributed by atoms with van der Waals surface area (Å²) in [6.07, 6.45) is 2.18. The zero-order chi connectivity index (χ0) is 13.6. The van der Waals surface area contributed by atoms with Crippen molar-refractivity contribution in [1.29, 1.82) is 0 Å². The van der Waals surface area contributed by atoms with Gasteiger partial charge in [-0.05, 0) is 6.42 Å². The Kier molecular flexibility index (Phi) is 11.5. The van der Waals surface area contributed by atoms with Crippen LogP contribution in [0.5, 0.6) is 0 Å². The number of rotatable bonds is 11. The second kappa shape index (κ2) is 12.3. The van der Waals surface area contributed by atoms with Crippen LogP contribution < -0.4 is 5.32 Å². The summed E-state index contributed by atoms with van der Waals surface area (Å²) in [7, 11) is 0. The zero-order valence-corrected chi connectivity index (χ0v) is 11.2. The van der Waals surface area contributed by atoms with Gasteiger partial charge >= 0.3 is 5.97 Å². The van der Waals surface area contributed by atoms with Crippen LogP contribution in [-0.2, 0) is 23.8 Å². The molecule has 18 heavy (non-hydrogen) atoms. The van der Waals surface area contributed by atoms with Crippen LogP contribution in [0.4, 0.5) is 0 Å². The Morgan fingerprint density at radius 2 is 1.72 bits per heavy atom. The van der Waals surface area contributed by atoms with E-state index >= 15 is 0 Å². The number of hydrogen-bond donors (Lipinski definition) is 1. The first-order chi connectivity index (χ1) is 8.66. The van der Waals surface area contributed by atoms with Crippen LogP contribution in [0, 0.1) is 0 Å². The highest BCUT2D eigenvalue weighted by molar-refractivity contribution is 5.79. The Labute approximate surface area is 108 Å². The standard InChI is InChI=1S/C12H23NO5/c1-3-4-6-16-8-9-17-7-5-13-12(15)10-18-11(2)14/h3-10H2,1-2H3,(H,13,15). The highest BCUT2D eigenvalue weighted by Gasteiger charge is 2.02. The van der Waals surface area contributed by atoms with Crippen molar-refractivity contribution in [2.45, 2.75) is 26.7 Å². The summed E-state index contributed by atoms with van der Waals surface area (Å²) in [4.78, 5) is 21.5. The van der Waals surface area contributed by atoms with Crippen molar-refractivity contribution in [3.8, 4) is 0 Å². The monoisotopic (exact) mass is 261 g/mol. The summed E-state index contributed by atoms with van der Waals surface area (Å²) in [5.41, 5.74) is 0. The van der Waals surface area contributed by atoms with Gasteiger partial charge in [0, 0.05) is 20.1 Å². The second-order valence-corrected chi connectivity index (χ2v) is 3.71. The van der Waals surface area contributed by atoms with Crippen LogP contribution >= 0.6 is 0 Å². The lowest BCUT2D eigenvalue weighted by Crippen LogP contribution is -2.31. The topological polar surface area (TPSA) is 73.9 Å². The van der Waals surface area contributed by atoms with Crippen molar-refractivity contribution in [2.75, 3.05) is 39.6 Å². The molecule has 0 aliphatic carbocycles. The van der Waals surface area contributed by atoms with Gasteiger partial charge in [0.2, 0.25) is 0 Å². The fourth-order valence-electron chi connectivity index (χ4n) is 1.05. The van der Waals surface area contributed by atoms with Crippen molar-refractivity contribution < 1.29 is 23.8 Å². The Hall–Kier alpha value is -1.14. The number of amides is 1. The molecule has 6 nitrogen and oxygen atoms in total. The molecule has 0 aromatic carbocycles. The van der Waals surface area contributed by atoms with E-state index in [0.29, 0.717) is 26.4 Å². The number of nitrogens with one attached hydrogen (secondary N) is 1. The molecule has 0 aromatic heterocycles. The van der Waals surface area contributed by atoms with Gasteiger partial charge in [0.15, 0.2) is 6.61 Å². The summed E-state index contributed by atoms with van der Waals surface area (Å²) in [5.74, 6) is -0.793. The maximum atomic E-state index is 11.1. The molecule has 1 N–H and O–H groups in total. The van der Waals surface area contributed by atoms with Gasteiger partial charge in [-0.3, -0.25) is 9.59 Å². The van der Waals surface area contributed by atoms with E-state index in [0.717, 1.165) is 19.4 Å². The van der Waals surface area contributed by atoms with Crippen molar-refractivity contribution in [3.05, 3.63) is 0 Å². The lowest BCUT2D eigenvalue weighted by molar-refractivity contribution is -0.146. The molecule has 0 heterocycles. The molecule has 0 bridgehead atoms. The molecule has 106 valence electrons. The second-order valence-electron chi connectivity index (χ2n) is 3.71. The van der Waals surface area contributed by atoms with Crippen molar-refractivity contribution in [2.24, 2.45) is 0 Å². The predicted molar refractivity (Wildman–Crippen MR) is 66.2 cm³/mol. The molecule has 0 saturated carbocycles. The number of carbonyl (C=O) groups is 2. The molecule has 0 fully saturated rings. The summed E-state index contributed by atoms with van der Waals surface area (Å²) < 4.78 is 15.1. The molecular formula is C12H23NO5. The normalized spacial score (nSPS) is 10.1. The molecule has 0 spiro atoms. The van der Waals surface area contributed by atoms with Gasteiger partial charge < -0.3 is 19.5 Å². The number of esters is 1. The van der Waals surface area contributed by atoms with E-state index in [-0.39, 0.29) is 12.5 Å². The largest absolute Gasteiger partial charge is 0.456 e. The number of hydrogen-bond acceptors (Lipinski definition) is 5. The predicted octanol–water partition coefficient (Wildman–Crippen LogP) is 0.499. The van der Waals surface area contributed by atoms with Crippen LogP contribution in [0.1, 0.15) is 26.7 Å². The summed E-state index contributed by atoms with van der Waals surface area (Å²) in [6, 6.07) is 0. The third kappa shape index (κ3) is 12.9. The van der Waals surface area contributed by atoms with Crippen molar-refractivity contribution in [1.82, 2.24) is 5.32 Å². The summed E-state index contributed by atoms with van der Waals surface area (Å²) in [6.45, 7) is 5.80. The number of carbonyl (C=O) groups excluding carboxylic acids is 2. The molecule has 0 radical (unpaired) electrons. The molecule has 0 aliphatic rings. The molecule has 1 amide bonds. The SMILES string of the molecule is CCCCOCCOCCNC(=O)COC(C)=O. The van der Waals surface area contributed by atoms with Crippen LogP contribution in [0.3, 0.4) is 0 Å². The van der Waals surface area contributed by atoms with Gasteiger partial charge in [-0.1, -0.05) is 13.3 Å². The van der Waals surface area contributed by atoms with Crippen LogP contribution in [0.15, 0.2) is 0 Å². The van der Waals surface area contributed by atoms with E-state index in [4.69, 9.17) is 9.47 Å². The summed E-state index contributed by atoms with van der Waals surface area (Å²) >= 11 is 0. The van der Waals surface area contributed by atoms with Gasteiger partial charge in [0.25, 0.3) is 5.91 Å².